The smallest absolute Gasteiger partial charge is 0.146 e. The largest absolute Gasteiger partial charge is 0.379 e. The lowest BCUT2D eigenvalue weighted by Gasteiger charge is -2.10. The lowest BCUT2D eigenvalue weighted by Crippen LogP contribution is -2.05. The Morgan fingerprint density at radius 2 is 1.89 bits per heavy atom. The first-order valence-corrected chi connectivity index (χ1v) is 5.97. The zero-order chi connectivity index (χ0) is 13.0. The van der Waals surface area contributed by atoms with E-state index in [1.807, 2.05) is 30.3 Å². The summed E-state index contributed by atoms with van der Waals surface area (Å²) in [6.07, 6.45) is 0. The standard InChI is InChI=1S/C15H13ClFN/c1-11(12-5-3-2-4-6-12)10-18-15-9-13(16)7-8-14(15)17/h2-9,18H,1,10H2. The molecule has 0 aliphatic heterocycles. The summed E-state index contributed by atoms with van der Waals surface area (Å²) in [5.74, 6) is -0.319. The Labute approximate surface area is 111 Å². The quantitative estimate of drug-likeness (QED) is 0.848. The molecule has 2 aromatic carbocycles. The number of benzene rings is 2. The highest BCUT2D eigenvalue weighted by Gasteiger charge is 2.03. The molecule has 0 atom stereocenters. The van der Waals surface area contributed by atoms with Crippen LogP contribution in [0.4, 0.5) is 10.1 Å². The predicted octanol–water partition coefficient (Wildman–Crippen LogP) is 4.60. The molecule has 0 aliphatic rings. The van der Waals surface area contributed by atoms with Gasteiger partial charge in [-0.05, 0) is 29.3 Å². The minimum atomic E-state index is -0.319. The van der Waals surface area contributed by atoms with Crippen LogP contribution in [0.15, 0.2) is 55.1 Å². The Morgan fingerprint density at radius 3 is 2.61 bits per heavy atom. The monoisotopic (exact) mass is 261 g/mol. The molecular formula is C15H13ClFN. The highest BCUT2D eigenvalue weighted by Crippen LogP contribution is 2.20. The fraction of sp³-hybridized carbons (Fsp3) is 0.0667. The Kier molecular flexibility index (Phi) is 4.00. The number of rotatable bonds is 4. The number of nitrogens with one attached hydrogen (secondary N) is 1. The maximum Gasteiger partial charge on any atom is 0.146 e. The van der Waals surface area contributed by atoms with Crippen molar-refractivity contribution in [2.24, 2.45) is 0 Å². The van der Waals surface area contributed by atoms with E-state index in [0.29, 0.717) is 17.3 Å². The molecule has 2 rings (SSSR count). The van der Waals surface area contributed by atoms with Gasteiger partial charge in [-0.3, -0.25) is 0 Å². The summed E-state index contributed by atoms with van der Waals surface area (Å²) in [4.78, 5) is 0. The van der Waals surface area contributed by atoms with Crippen molar-refractivity contribution in [3.05, 3.63) is 71.5 Å². The van der Waals surface area contributed by atoms with Crippen molar-refractivity contribution in [2.75, 3.05) is 11.9 Å². The van der Waals surface area contributed by atoms with Gasteiger partial charge in [-0.25, -0.2) is 4.39 Å². The van der Waals surface area contributed by atoms with E-state index in [2.05, 4.69) is 11.9 Å². The Bertz CT molecular complexity index is 552. The molecule has 92 valence electrons. The van der Waals surface area contributed by atoms with Gasteiger partial charge >= 0.3 is 0 Å². The molecule has 0 radical (unpaired) electrons. The van der Waals surface area contributed by atoms with E-state index in [1.165, 1.54) is 12.1 Å². The van der Waals surface area contributed by atoms with Gasteiger partial charge in [-0.2, -0.15) is 0 Å². The molecule has 0 heterocycles. The van der Waals surface area contributed by atoms with Crippen LogP contribution in [-0.4, -0.2) is 6.54 Å². The summed E-state index contributed by atoms with van der Waals surface area (Å²) < 4.78 is 13.5. The van der Waals surface area contributed by atoms with Crippen LogP contribution in [-0.2, 0) is 0 Å². The topological polar surface area (TPSA) is 12.0 Å². The van der Waals surface area contributed by atoms with E-state index >= 15 is 0 Å². The van der Waals surface area contributed by atoms with Crippen molar-refractivity contribution in [1.29, 1.82) is 0 Å². The average Bonchev–Trinajstić information content (AvgIpc) is 2.40. The molecule has 1 N–H and O–H groups in total. The van der Waals surface area contributed by atoms with Gasteiger partial charge in [0.2, 0.25) is 0 Å². The molecule has 0 bridgehead atoms. The molecule has 0 saturated carbocycles. The van der Waals surface area contributed by atoms with Crippen molar-refractivity contribution >= 4 is 22.9 Å². The Hall–Kier alpha value is -1.80. The second-order valence-corrected chi connectivity index (χ2v) is 4.38. The number of hydrogen-bond acceptors (Lipinski definition) is 1. The third kappa shape index (κ3) is 3.11. The maximum absolute atomic E-state index is 13.5. The van der Waals surface area contributed by atoms with Crippen LogP contribution >= 0.6 is 11.6 Å². The zero-order valence-corrected chi connectivity index (χ0v) is 10.5. The van der Waals surface area contributed by atoms with E-state index in [1.54, 1.807) is 6.07 Å². The third-order valence-corrected chi connectivity index (χ3v) is 2.84. The maximum atomic E-state index is 13.5. The lowest BCUT2D eigenvalue weighted by molar-refractivity contribution is 0.631. The Morgan fingerprint density at radius 1 is 1.17 bits per heavy atom. The van der Waals surface area contributed by atoms with Crippen LogP contribution < -0.4 is 5.32 Å². The fourth-order valence-electron chi connectivity index (χ4n) is 1.61. The average molecular weight is 262 g/mol. The predicted molar refractivity (Wildman–Crippen MR) is 75.4 cm³/mol. The van der Waals surface area contributed by atoms with Gasteiger partial charge < -0.3 is 5.32 Å². The zero-order valence-electron chi connectivity index (χ0n) is 9.79. The molecule has 0 fully saturated rings. The van der Waals surface area contributed by atoms with E-state index in [0.717, 1.165) is 11.1 Å². The highest BCUT2D eigenvalue weighted by atomic mass is 35.5. The van der Waals surface area contributed by atoms with Gasteiger partial charge in [0, 0.05) is 11.6 Å². The van der Waals surface area contributed by atoms with E-state index < -0.39 is 0 Å². The summed E-state index contributed by atoms with van der Waals surface area (Å²) in [5.41, 5.74) is 2.32. The summed E-state index contributed by atoms with van der Waals surface area (Å²) in [6, 6.07) is 14.2. The minimum absolute atomic E-state index is 0.319. The molecule has 0 amide bonds. The molecule has 2 aromatic rings. The van der Waals surface area contributed by atoms with Crippen LogP contribution in [0.2, 0.25) is 5.02 Å². The molecule has 1 nitrogen and oxygen atoms in total. The van der Waals surface area contributed by atoms with Crippen LogP contribution in [0.25, 0.3) is 5.57 Å². The molecular weight excluding hydrogens is 249 g/mol. The minimum Gasteiger partial charge on any atom is -0.379 e. The van der Waals surface area contributed by atoms with E-state index in [9.17, 15) is 4.39 Å². The first-order valence-electron chi connectivity index (χ1n) is 5.59. The Balaban J connectivity index is 2.04. The van der Waals surface area contributed by atoms with Gasteiger partial charge in [-0.1, -0.05) is 48.5 Å². The van der Waals surface area contributed by atoms with Crippen LogP contribution in [0.1, 0.15) is 5.56 Å². The molecule has 18 heavy (non-hydrogen) atoms. The van der Waals surface area contributed by atoms with Crippen LogP contribution in [0, 0.1) is 5.82 Å². The second kappa shape index (κ2) is 5.69. The SMILES string of the molecule is C=C(CNc1cc(Cl)ccc1F)c1ccccc1. The first kappa shape index (κ1) is 12.7. The van der Waals surface area contributed by atoms with Crippen molar-refractivity contribution in [3.63, 3.8) is 0 Å². The third-order valence-electron chi connectivity index (χ3n) is 2.60. The fourth-order valence-corrected chi connectivity index (χ4v) is 1.78. The van der Waals surface area contributed by atoms with Crippen molar-refractivity contribution < 1.29 is 4.39 Å². The summed E-state index contributed by atoms with van der Waals surface area (Å²) in [7, 11) is 0. The normalized spacial score (nSPS) is 10.1. The molecule has 0 saturated heterocycles. The highest BCUT2D eigenvalue weighted by molar-refractivity contribution is 6.30. The summed E-state index contributed by atoms with van der Waals surface area (Å²) in [5, 5.41) is 3.50. The van der Waals surface area contributed by atoms with Crippen LogP contribution in [0.3, 0.4) is 0 Å². The molecule has 0 aliphatic carbocycles. The van der Waals surface area contributed by atoms with Gasteiger partial charge in [0.25, 0.3) is 0 Å². The van der Waals surface area contributed by atoms with Crippen LogP contribution in [0.5, 0.6) is 0 Å². The van der Waals surface area contributed by atoms with E-state index in [-0.39, 0.29) is 5.82 Å². The number of halogens is 2. The molecule has 0 unspecified atom stereocenters. The van der Waals surface area contributed by atoms with E-state index in [4.69, 9.17) is 11.6 Å². The van der Waals surface area contributed by atoms with Gasteiger partial charge in [0.1, 0.15) is 5.82 Å². The lowest BCUT2D eigenvalue weighted by atomic mass is 10.1. The van der Waals surface area contributed by atoms with Gasteiger partial charge in [0.05, 0.1) is 5.69 Å². The molecule has 0 spiro atoms. The first-order chi connectivity index (χ1) is 8.66. The molecule has 0 aromatic heterocycles. The number of anilines is 1. The molecule has 3 heteroatoms. The summed E-state index contributed by atoms with van der Waals surface area (Å²) >= 11 is 5.82. The number of hydrogen-bond donors (Lipinski definition) is 1. The van der Waals surface area contributed by atoms with Gasteiger partial charge in [-0.15, -0.1) is 0 Å². The van der Waals surface area contributed by atoms with Crippen molar-refractivity contribution in [1.82, 2.24) is 0 Å². The second-order valence-electron chi connectivity index (χ2n) is 3.95. The van der Waals surface area contributed by atoms with Crippen molar-refractivity contribution in [2.45, 2.75) is 0 Å². The summed E-state index contributed by atoms with van der Waals surface area (Å²) in [6.45, 7) is 4.45. The van der Waals surface area contributed by atoms with Gasteiger partial charge in [0.15, 0.2) is 0 Å². The van der Waals surface area contributed by atoms with Crippen molar-refractivity contribution in [3.8, 4) is 0 Å².